The molecule has 0 unspecified atom stereocenters. The Morgan fingerprint density at radius 2 is 2.13 bits per heavy atom. The average Bonchev–Trinajstić information content (AvgIpc) is 2.78. The maximum atomic E-state index is 13.2. The number of nitrogens with zero attached hydrogens (tertiary/aromatic N) is 2. The smallest absolute Gasteiger partial charge is 0.254 e. The molecule has 1 amide bonds. The second kappa shape index (κ2) is 10.4. The van der Waals surface area contributed by atoms with Crippen molar-refractivity contribution in [2.75, 3.05) is 26.4 Å². The topological polar surface area (TPSA) is 99.9 Å². The molecule has 0 radical (unpaired) electrons. The van der Waals surface area contributed by atoms with Crippen molar-refractivity contribution in [3.8, 4) is 17.6 Å². The third kappa shape index (κ3) is 4.97. The maximum Gasteiger partial charge on any atom is 0.254 e. The number of aryl methyl sites for hydroxylation is 1. The van der Waals surface area contributed by atoms with Crippen molar-refractivity contribution >= 4 is 12.2 Å². The number of carbonyl (C=O) groups is 2. The van der Waals surface area contributed by atoms with Crippen LogP contribution in [0.2, 0.25) is 0 Å². The molecule has 2 aromatic rings. The zero-order valence-electron chi connectivity index (χ0n) is 16.6. The van der Waals surface area contributed by atoms with Gasteiger partial charge in [0.15, 0.2) is 6.29 Å². The summed E-state index contributed by atoms with van der Waals surface area (Å²) in [5, 5.41) is 18.6. The van der Waals surface area contributed by atoms with Gasteiger partial charge in [0.1, 0.15) is 11.5 Å². The third-order valence-electron chi connectivity index (χ3n) is 5.11. The first-order chi connectivity index (χ1) is 14.7. The molecular formula is C23H24N2O5. The highest BCUT2D eigenvalue weighted by Gasteiger charge is 2.29. The van der Waals surface area contributed by atoms with Crippen LogP contribution in [0.4, 0.5) is 0 Å². The minimum atomic E-state index is -0.174. The lowest BCUT2D eigenvalue weighted by atomic mass is 10.0. The van der Waals surface area contributed by atoms with E-state index in [4.69, 9.17) is 14.7 Å². The summed E-state index contributed by atoms with van der Waals surface area (Å²) in [6, 6.07) is 14.0. The number of amides is 1. The van der Waals surface area contributed by atoms with E-state index in [-0.39, 0.29) is 29.9 Å². The number of morpholine rings is 1. The zero-order chi connectivity index (χ0) is 21.3. The van der Waals surface area contributed by atoms with Gasteiger partial charge < -0.3 is 19.5 Å². The first kappa shape index (κ1) is 21.3. The first-order valence-electron chi connectivity index (χ1n) is 9.89. The highest BCUT2D eigenvalue weighted by atomic mass is 16.5. The Morgan fingerprint density at radius 3 is 2.93 bits per heavy atom. The van der Waals surface area contributed by atoms with Gasteiger partial charge >= 0.3 is 0 Å². The van der Waals surface area contributed by atoms with Crippen LogP contribution in [0.15, 0.2) is 42.5 Å². The van der Waals surface area contributed by atoms with Crippen molar-refractivity contribution in [2.45, 2.75) is 25.3 Å². The minimum absolute atomic E-state index is 0.0808. The predicted octanol–water partition coefficient (Wildman–Crippen LogP) is 2.97. The summed E-state index contributed by atoms with van der Waals surface area (Å²) in [6.45, 7) is 1.60. The van der Waals surface area contributed by atoms with Gasteiger partial charge in [-0.1, -0.05) is 24.3 Å². The molecule has 0 bridgehead atoms. The quantitative estimate of drug-likeness (QED) is 0.674. The number of hydrogen-bond acceptors (Lipinski definition) is 6. The molecule has 30 heavy (non-hydrogen) atoms. The van der Waals surface area contributed by atoms with Crippen LogP contribution in [-0.4, -0.2) is 54.6 Å². The molecule has 0 aliphatic carbocycles. The van der Waals surface area contributed by atoms with Crippen LogP contribution in [0.1, 0.15) is 39.1 Å². The van der Waals surface area contributed by atoms with Crippen LogP contribution >= 0.6 is 0 Å². The molecule has 1 atom stereocenters. The van der Waals surface area contributed by atoms with Crippen molar-refractivity contribution in [3.63, 3.8) is 0 Å². The number of nitriles is 1. The number of aldehydes is 1. The van der Waals surface area contributed by atoms with E-state index in [1.807, 2.05) is 18.2 Å². The number of benzene rings is 2. The van der Waals surface area contributed by atoms with Crippen molar-refractivity contribution < 1.29 is 24.2 Å². The summed E-state index contributed by atoms with van der Waals surface area (Å²) < 4.78 is 11.3. The van der Waals surface area contributed by atoms with E-state index in [9.17, 15) is 14.7 Å². The van der Waals surface area contributed by atoms with E-state index in [1.165, 1.54) is 6.07 Å². The number of aromatic hydroxyl groups is 1. The fourth-order valence-electron chi connectivity index (χ4n) is 3.54. The van der Waals surface area contributed by atoms with Crippen LogP contribution in [-0.2, 0) is 11.2 Å². The SMILES string of the molecule is N#CCCc1ccccc1C(=O)N1CCOC[C@H]1CCOc1cccc(O)c1C=O. The summed E-state index contributed by atoms with van der Waals surface area (Å²) in [4.78, 5) is 26.2. The fourth-order valence-corrected chi connectivity index (χ4v) is 3.54. The molecule has 1 fully saturated rings. The van der Waals surface area contributed by atoms with Crippen molar-refractivity contribution in [3.05, 3.63) is 59.2 Å². The molecule has 1 N–H and O–H groups in total. The third-order valence-corrected chi connectivity index (χ3v) is 5.11. The summed E-state index contributed by atoms with van der Waals surface area (Å²) >= 11 is 0. The highest BCUT2D eigenvalue weighted by molar-refractivity contribution is 5.96. The van der Waals surface area contributed by atoms with Crippen LogP contribution in [0.5, 0.6) is 11.5 Å². The Kier molecular flexibility index (Phi) is 7.41. The second-order valence-corrected chi connectivity index (χ2v) is 6.99. The molecule has 7 nitrogen and oxygen atoms in total. The number of phenolic OH excluding ortho intramolecular Hbond substituents is 1. The molecule has 0 saturated carbocycles. The minimum Gasteiger partial charge on any atom is -0.507 e. The lowest BCUT2D eigenvalue weighted by molar-refractivity contribution is -0.00748. The monoisotopic (exact) mass is 408 g/mol. The van der Waals surface area contributed by atoms with Gasteiger partial charge in [0.05, 0.1) is 37.5 Å². The molecule has 0 spiro atoms. The largest absolute Gasteiger partial charge is 0.507 e. The standard InChI is InChI=1S/C23H24N2O5/c24-11-4-6-17-5-1-2-7-19(17)23(28)25-12-14-29-16-18(25)10-13-30-22-9-3-8-21(27)20(22)15-26/h1-3,5,7-9,15,18,27H,4,6,10,12-14,16H2/t18-/m1/s1. The van der Waals surface area contributed by atoms with Gasteiger partial charge in [-0.15, -0.1) is 0 Å². The van der Waals surface area contributed by atoms with Gasteiger partial charge in [-0.25, -0.2) is 0 Å². The number of rotatable bonds is 8. The highest BCUT2D eigenvalue weighted by Crippen LogP contribution is 2.26. The molecule has 156 valence electrons. The number of hydrogen-bond donors (Lipinski definition) is 1. The molecule has 7 heteroatoms. The number of carbonyl (C=O) groups excluding carboxylic acids is 2. The summed E-state index contributed by atoms with van der Waals surface area (Å²) in [6.07, 6.45) is 1.96. The van der Waals surface area contributed by atoms with Gasteiger partial charge in [-0.2, -0.15) is 5.26 Å². The van der Waals surface area contributed by atoms with Gasteiger partial charge in [-0.3, -0.25) is 9.59 Å². The Balaban J connectivity index is 1.69. The summed E-state index contributed by atoms with van der Waals surface area (Å²) in [7, 11) is 0. The van der Waals surface area contributed by atoms with E-state index in [2.05, 4.69) is 6.07 Å². The predicted molar refractivity (Wildman–Crippen MR) is 110 cm³/mol. The van der Waals surface area contributed by atoms with Gasteiger partial charge in [0, 0.05) is 24.9 Å². The van der Waals surface area contributed by atoms with Crippen molar-refractivity contribution in [2.24, 2.45) is 0 Å². The van der Waals surface area contributed by atoms with Crippen molar-refractivity contribution in [1.82, 2.24) is 4.90 Å². The molecule has 1 heterocycles. The van der Waals surface area contributed by atoms with E-state index >= 15 is 0 Å². The Labute approximate surface area is 175 Å². The first-order valence-corrected chi connectivity index (χ1v) is 9.89. The fraction of sp³-hybridized carbons (Fsp3) is 0.348. The maximum absolute atomic E-state index is 13.2. The second-order valence-electron chi connectivity index (χ2n) is 6.99. The summed E-state index contributed by atoms with van der Waals surface area (Å²) in [5.74, 6) is 0.0958. The van der Waals surface area contributed by atoms with Crippen LogP contribution < -0.4 is 4.74 Å². The normalized spacial score (nSPS) is 16.0. The van der Waals surface area contributed by atoms with E-state index in [1.54, 1.807) is 23.1 Å². The van der Waals surface area contributed by atoms with E-state index < -0.39 is 0 Å². The van der Waals surface area contributed by atoms with Gasteiger partial charge in [0.2, 0.25) is 0 Å². The van der Waals surface area contributed by atoms with Crippen molar-refractivity contribution in [1.29, 1.82) is 5.26 Å². The van der Waals surface area contributed by atoms with Gasteiger partial charge in [-0.05, 0) is 30.2 Å². The Bertz CT molecular complexity index is 937. The van der Waals surface area contributed by atoms with Gasteiger partial charge in [0.25, 0.3) is 5.91 Å². The molecule has 1 aliphatic heterocycles. The summed E-state index contributed by atoms with van der Waals surface area (Å²) in [5.41, 5.74) is 1.58. The molecule has 1 aliphatic rings. The lowest BCUT2D eigenvalue weighted by Crippen LogP contribution is -2.49. The average molecular weight is 408 g/mol. The molecule has 1 saturated heterocycles. The van der Waals surface area contributed by atoms with E-state index in [0.29, 0.717) is 56.6 Å². The Morgan fingerprint density at radius 1 is 1.30 bits per heavy atom. The molecule has 3 rings (SSSR count). The number of ether oxygens (including phenoxy) is 2. The van der Waals surface area contributed by atoms with Crippen LogP contribution in [0, 0.1) is 11.3 Å². The number of phenols is 1. The lowest BCUT2D eigenvalue weighted by Gasteiger charge is -2.36. The van der Waals surface area contributed by atoms with Crippen LogP contribution in [0.25, 0.3) is 0 Å². The molecule has 0 aromatic heterocycles. The zero-order valence-corrected chi connectivity index (χ0v) is 16.6. The molecule has 2 aromatic carbocycles. The van der Waals surface area contributed by atoms with Crippen LogP contribution in [0.3, 0.4) is 0 Å². The Hall–Kier alpha value is -3.37. The molecular weight excluding hydrogens is 384 g/mol. The van der Waals surface area contributed by atoms with E-state index in [0.717, 1.165) is 5.56 Å².